The lowest BCUT2D eigenvalue weighted by Gasteiger charge is -2.39. The fraction of sp³-hybridized carbons (Fsp3) is 0.824. The highest BCUT2D eigenvalue weighted by atomic mass is 15.6. The molecule has 1 fully saturated rings. The largest absolute Gasteiger partial charge is 0.297 e. The first-order valence-corrected chi connectivity index (χ1v) is 8.83. The maximum Gasteiger partial charge on any atom is 0.168 e. The van der Waals surface area contributed by atoms with Crippen molar-refractivity contribution in [2.75, 3.05) is 32.7 Å². The lowest BCUT2D eigenvalue weighted by atomic mass is 10.0. The number of piperazine rings is 1. The van der Waals surface area contributed by atoms with Crippen LogP contribution < -0.4 is 0 Å². The Hall–Kier alpha value is -1.27. The van der Waals surface area contributed by atoms with E-state index in [2.05, 4.69) is 59.6 Å². The Morgan fingerprint density at radius 1 is 1.22 bits per heavy atom. The van der Waals surface area contributed by atoms with Crippen molar-refractivity contribution in [1.29, 1.82) is 0 Å². The Morgan fingerprint density at radius 2 is 1.91 bits per heavy atom. The van der Waals surface area contributed by atoms with Gasteiger partial charge in [-0.15, -0.1) is 11.7 Å². The van der Waals surface area contributed by atoms with Gasteiger partial charge in [0.25, 0.3) is 0 Å². The van der Waals surface area contributed by atoms with Crippen LogP contribution in [0.3, 0.4) is 0 Å². The molecule has 0 radical (unpaired) electrons. The third-order valence-electron chi connectivity index (χ3n) is 4.49. The van der Waals surface area contributed by atoms with Crippen LogP contribution in [-0.2, 0) is 5.54 Å². The predicted molar refractivity (Wildman–Crippen MR) is 93.3 cm³/mol. The summed E-state index contributed by atoms with van der Waals surface area (Å²) in [6.07, 6.45) is 5.51. The quantitative estimate of drug-likeness (QED) is 0.722. The third kappa shape index (κ3) is 4.61. The summed E-state index contributed by atoms with van der Waals surface area (Å²) in [4.78, 5) is 5.01. The molecule has 1 saturated heterocycles. The number of rotatable bonds is 7. The molecule has 1 aromatic rings. The lowest BCUT2D eigenvalue weighted by Crippen LogP contribution is -2.48. The smallest absolute Gasteiger partial charge is 0.168 e. The monoisotopic (exact) mass is 320 g/mol. The molecule has 6 nitrogen and oxygen atoms in total. The molecule has 1 aromatic heterocycles. The van der Waals surface area contributed by atoms with Gasteiger partial charge in [-0.25, -0.2) is 4.68 Å². The number of hydrogen-bond donors (Lipinski definition) is 0. The Bertz CT molecular complexity index is 482. The van der Waals surface area contributed by atoms with E-state index < -0.39 is 0 Å². The van der Waals surface area contributed by atoms with E-state index in [0.717, 1.165) is 45.0 Å². The number of unbranched alkanes of at least 4 members (excludes halogenated alkanes) is 1. The first-order chi connectivity index (χ1) is 11.0. The highest BCUT2D eigenvalue weighted by Gasteiger charge is 2.31. The number of aromatic nitrogens is 4. The Kier molecular flexibility index (Phi) is 6.30. The maximum atomic E-state index is 4.40. The van der Waals surface area contributed by atoms with Gasteiger partial charge in [0, 0.05) is 32.7 Å². The molecule has 130 valence electrons. The molecular formula is C17H32N6. The normalized spacial score (nSPS) is 19.0. The molecule has 1 atom stereocenters. The van der Waals surface area contributed by atoms with Crippen molar-refractivity contribution in [3.8, 4) is 0 Å². The maximum absolute atomic E-state index is 4.40. The van der Waals surface area contributed by atoms with E-state index in [-0.39, 0.29) is 5.54 Å². The Labute approximate surface area is 140 Å². The van der Waals surface area contributed by atoms with Crippen molar-refractivity contribution in [3.63, 3.8) is 0 Å². The molecule has 0 aromatic carbocycles. The van der Waals surface area contributed by atoms with E-state index >= 15 is 0 Å². The minimum atomic E-state index is -0.0893. The highest BCUT2D eigenvalue weighted by Crippen LogP contribution is 2.28. The van der Waals surface area contributed by atoms with Crippen molar-refractivity contribution in [1.82, 2.24) is 30.0 Å². The van der Waals surface area contributed by atoms with E-state index in [0.29, 0.717) is 6.04 Å². The molecule has 0 aliphatic carbocycles. The molecule has 0 unspecified atom stereocenters. The van der Waals surface area contributed by atoms with Crippen LogP contribution in [0, 0.1) is 0 Å². The molecule has 0 saturated carbocycles. The summed E-state index contributed by atoms with van der Waals surface area (Å²) in [5, 5.41) is 12.6. The van der Waals surface area contributed by atoms with E-state index in [9.17, 15) is 0 Å². The molecule has 0 bridgehead atoms. The molecule has 1 aliphatic heterocycles. The molecule has 0 amide bonds. The van der Waals surface area contributed by atoms with Crippen LogP contribution in [0.15, 0.2) is 12.7 Å². The molecule has 0 spiro atoms. The van der Waals surface area contributed by atoms with Gasteiger partial charge in [-0.3, -0.25) is 9.80 Å². The van der Waals surface area contributed by atoms with E-state index in [1.807, 2.05) is 10.8 Å². The van der Waals surface area contributed by atoms with Crippen LogP contribution in [0.25, 0.3) is 0 Å². The molecule has 23 heavy (non-hydrogen) atoms. The van der Waals surface area contributed by atoms with Gasteiger partial charge in [0.1, 0.15) is 0 Å². The Balaban J connectivity index is 2.15. The van der Waals surface area contributed by atoms with E-state index in [1.165, 1.54) is 12.8 Å². The number of tetrazole rings is 1. The van der Waals surface area contributed by atoms with Crippen LogP contribution in [0.1, 0.15) is 58.8 Å². The molecule has 1 aliphatic rings. The van der Waals surface area contributed by atoms with Crippen LogP contribution in [0.4, 0.5) is 0 Å². The summed E-state index contributed by atoms with van der Waals surface area (Å²) < 4.78 is 2.00. The van der Waals surface area contributed by atoms with Crippen molar-refractivity contribution in [2.45, 2.75) is 58.5 Å². The van der Waals surface area contributed by atoms with Crippen molar-refractivity contribution >= 4 is 0 Å². The minimum absolute atomic E-state index is 0.0893. The van der Waals surface area contributed by atoms with Crippen molar-refractivity contribution in [2.24, 2.45) is 0 Å². The van der Waals surface area contributed by atoms with Gasteiger partial charge in [0.05, 0.1) is 11.6 Å². The highest BCUT2D eigenvalue weighted by molar-refractivity contribution is 4.98. The fourth-order valence-corrected chi connectivity index (χ4v) is 3.19. The average Bonchev–Trinajstić information content (AvgIpc) is 2.99. The molecule has 2 heterocycles. The van der Waals surface area contributed by atoms with Crippen LogP contribution in [-0.4, -0.2) is 62.7 Å². The van der Waals surface area contributed by atoms with Crippen LogP contribution >= 0.6 is 0 Å². The van der Waals surface area contributed by atoms with Gasteiger partial charge in [-0.05, 0) is 37.6 Å². The second kappa shape index (κ2) is 8.02. The summed E-state index contributed by atoms with van der Waals surface area (Å²) >= 11 is 0. The van der Waals surface area contributed by atoms with Crippen molar-refractivity contribution in [3.05, 3.63) is 18.5 Å². The fourth-order valence-electron chi connectivity index (χ4n) is 3.19. The van der Waals surface area contributed by atoms with E-state index in [4.69, 9.17) is 0 Å². The molecule has 0 N–H and O–H groups in total. The predicted octanol–water partition coefficient (Wildman–Crippen LogP) is 2.46. The third-order valence-corrected chi connectivity index (χ3v) is 4.49. The van der Waals surface area contributed by atoms with Gasteiger partial charge in [0.2, 0.25) is 0 Å². The van der Waals surface area contributed by atoms with Crippen LogP contribution in [0.2, 0.25) is 0 Å². The summed E-state index contributed by atoms with van der Waals surface area (Å²) in [7, 11) is 0. The topological polar surface area (TPSA) is 50.1 Å². The van der Waals surface area contributed by atoms with Gasteiger partial charge in [-0.1, -0.05) is 25.8 Å². The van der Waals surface area contributed by atoms with E-state index in [1.54, 1.807) is 0 Å². The molecule has 2 rings (SSSR count). The molecular weight excluding hydrogens is 288 g/mol. The summed E-state index contributed by atoms with van der Waals surface area (Å²) in [6, 6.07) is 0.315. The zero-order valence-electron chi connectivity index (χ0n) is 15.2. The number of hydrogen-bond acceptors (Lipinski definition) is 5. The first kappa shape index (κ1) is 18.1. The zero-order chi connectivity index (χ0) is 16.9. The second-order valence-corrected chi connectivity index (χ2v) is 7.40. The van der Waals surface area contributed by atoms with Gasteiger partial charge >= 0.3 is 0 Å². The summed E-state index contributed by atoms with van der Waals surface area (Å²) in [6.45, 7) is 17.9. The second-order valence-electron chi connectivity index (χ2n) is 7.40. The lowest BCUT2D eigenvalue weighted by molar-refractivity contribution is 0.0886. The first-order valence-electron chi connectivity index (χ1n) is 8.83. The standard InChI is InChI=1S/C17H32N6/c1-6-8-9-15(16-18-19-20-23(16)17(3,4)5)22-13-11-21(10-7-2)12-14-22/h7,15H,2,6,8-14H2,1,3-5H3/t15-/m1/s1. The van der Waals surface area contributed by atoms with Gasteiger partial charge < -0.3 is 0 Å². The van der Waals surface area contributed by atoms with Gasteiger partial charge in [-0.2, -0.15) is 0 Å². The van der Waals surface area contributed by atoms with Crippen LogP contribution in [0.5, 0.6) is 0 Å². The Morgan fingerprint density at radius 3 is 2.48 bits per heavy atom. The number of nitrogens with zero attached hydrogens (tertiary/aromatic N) is 6. The minimum Gasteiger partial charge on any atom is -0.297 e. The SMILES string of the molecule is C=CCN1CCN([C@H](CCCC)c2nnnn2C(C)(C)C)CC1. The van der Waals surface area contributed by atoms with Crippen molar-refractivity contribution < 1.29 is 0 Å². The zero-order valence-corrected chi connectivity index (χ0v) is 15.2. The average molecular weight is 320 g/mol. The summed E-state index contributed by atoms with van der Waals surface area (Å²) in [5.41, 5.74) is -0.0893. The van der Waals surface area contributed by atoms with Gasteiger partial charge in [0.15, 0.2) is 5.82 Å². The molecule has 6 heteroatoms. The summed E-state index contributed by atoms with van der Waals surface area (Å²) in [5.74, 6) is 1.02.